The van der Waals surface area contributed by atoms with Crippen LogP contribution >= 0.6 is 0 Å². The summed E-state index contributed by atoms with van der Waals surface area (Å²) in [7, 11) is 0. The molecule has 39 heavy (non-hydrogen) atoms. The number of furan rings is 2. The fourth-order valence-electron chi connectivity index (χ4n) is 4.83. The minimum Gasteiger partial charge on any atom is -1.00 e. The molecule has 5 heteroatoms. The summed E-state index contributed by atoms with van der Waals surface area (Å²) in [6.45, 7) is 0. The summed E-state index contributed by atoms with van der Waals surface area (Å²) in [5, 5.41) is 7.33. The van der Waals surface area contributed by atoms with E-state index in [1.807, 2.05) is 36.4 Å². The van der Waals surface area contributed by atoms with Gasteiger partial charge in [-0.2, -0.15) is 0 Å². The Morgan fingerprint density at radius 1 is 0.410 bits per heavy atom. The normalized spacial score (nSPS) is 10.5. The smallest absolute Gasteiger partial charge is 1.00 e. The molecule has 0 N–H and O–H groups in total. The number of halogens is 2. The Bertz CT molecular complexity index is 1550. The Balaban J connectivity index is 0.000000168. The van der Waals surface area contributed by atoms with Crippen LogP contribution in [0.1, 0.15) is 0 Å². The molecule has 0 amide bonds. The molecule has 0 unspecified atom stereocenters. The van der Waals surface area contributed by atoms with Gasteiger partial charge >= 0.3 is 25.8 Å². The van der Waals surface area contributed by atoms with E-state index in [1.165, 1.54) is 21.5 Å². The molecular weight excluding hydrogens is 690 g/mol. The molecule has 0 aliphatic carbocycles. The number of hydrogen-bond donors (Lipinski definition) is 0. The van der Waals surface area contributed by atoms with Crippen LogP contribution in [0, 0.1) is 0 Å². The third kappa shape index (κ3) is 5.67. The molecule has 8 rings (SSSR count). The van der Waals surface area contributed by atoms with E-state index >= 15 is 0 Å². The molecule has 0 bridgehead atoms. The van der Waals surface area contributed by atoms with Crippen molar-refractivity contribution in [1.82, 2.24) is 0 Å². The summed E-state index contributed by atoms with van der Waals surface area (Å²) in [6.07, 6.45) is 0. The van der Waals surface area contributed by atoms with E-state index in [1.54, 1.807) is 0 Å². The van der Waals surface area contributed by atoms with Crippen molar-refractivity contribution in [3.63, 3.8) is 0 Å². The number of para-hydroxylation sites is 2. The number of fused-ring (bicyclic) bond motifs is 4. The van der Waals surface area contributed by atoms with Crippen LogP contribution in [0.25, 0.3) is 66.1 Å². The van der Waals surface area contributed by atoms with Gasteiger partial charge in [0.15, 0.2) is 0 Å². The van der Waals surface area contributed by atoms with Crippen molar-refractivity contribution in [2.75, 3.05) is 0 Å². The number of hydrogen-bond acceptors (Lipinski definition) is 2. The Kier molecular flexibility index (Phi) is 8.97. The summed E-state index contributed by atoms with van der Waals surface area (Å²) in [4.78, 5) is 0. The van der Waals surface area contributed by atoms with Crippen LogP contribution in [-0.2, 0) is 25.8 Å². The molecule has 0 aliphatic heterocycles. The Hall–Kier alpha value is -3.37. The largest absolute Gasteiger partial charge is 4.00 e. The third-order valence-electron chi connectivity index (χ3n) is 6.66. The SMILES string of the molecule is [Cl-].[Cl-].[Hf+4].c1ccc2[cH-]c(-c3cc4ccccc4o3)cc2c1.c1ccc2[cH-]c(-c3cc4ccccc4o3)cc2c1. The van der Waals surface area contributed by atoms with E-state index in [4.69, 9.17) is 8.83 Å². The van der Waals surface area contributed by atoms with Gasteiger partial charge in [0.2, 0.25) is 0 Å². The monoisotopic (exact) mass is 712 g/mol. The van der Waals surface area contributed by atoms with Crippen LogP contribution in [0.5, 0.6) is 0 Å². The maximum absolute atomic E-state index is 5.88. The molecule has 0 saturated carbocycles. The van der Waals surface area contributed by atoms with Gasteiger partial charge < -0.3 is 33.6 Å². The van der Waals surface area contributed by atoms with Gasteiger partial charge in [-0.1, -0.05) is 83.9 Å². The van der Waals surface area contributed by atoms with E-state index in [0.29, 0.717) is 0 Å². The van der Waals surface area contributed by atoms with Gasteiger partial charge in [0.1, 0.15) is 11.2 Å². The summed E-state index contributed by atoms with van der Waals surface area (Å²) in [5.74, 6) is 1.87. The second-order valence-electron chi connectivity index (χ2n) is 9.04. The predicted molar refractivity (Wildman–Crippen MR) is 149 cm³/mol. The Morgan fingerprint density at radius 3 is 1.15 bits per heavy atom. The van der Waals surface area contributed by atoms with E-state index in [-0.39, 0.29) is 50.7 Å². The average molecular weight is 712 g/mol. The average Bonchev–Trinajstić information content (AvgIpc) is 3.70. The number of rotatable bonds is 2. The first-order valence-corrected chi connectivity index (χ1v) is 12.1. The van der Waals surface area contributed by atoms with Gasteiger partial charge in [0, 0.05) is 10.8 Å². The number of benzene rings is 4. The Labute approximate surface area is 257 Å². The van der Waals surface area contributed by atoms with Crippen LogP contribution in [0.4, 0.5) is 0 Å². The van der Waals surface area contributed by atoms with Gasteiger partial charge in [-0.25, -0.2) is 0 Å². The van der Waals surface area contributed by atoms with Gasteiger partial charge in [-0.3, -0.25) is 0 Å². The maximum atomic E-state index is 5.88. The van der Waals surface area contributed by atoms with Crippen LogP contribution in [0.2, 0.25) is 0 Å². The predicted octanol–water partition coefficient (Wildman–Crippen LogP) is 3.95. The van der Waals surface area contributed by atoms with Crippen molar-refractivity contribution < 1.29 is 59.5 Å². The molecule has 0 saturated heterocycles. The van der Waals surface area contributed by atoms with Gasteiger partial charge in [0.05, 0.1) is 11.5 Å². The minimum atomic E-state index is 0. The summed E-state index contributed by atoms with van der Waals surface area (Å²) in [5.41, 5.74) is 4.18. The molecule has 0 fully saturated rings. The van der Waals surface area contributed by atoms with E-state index in [0.717, 1.165) is 44.6 Å². The van der Waals surface area contributed by atoms with Crippen LogP contribution < -0.4 is 24.8 Å². The fourth-order valence-corrected chi connectivity index (χ4v) is 4.83. The summed E-state index contributed by atoms with van der Waals surface area (Å²) in [6, 6.07) is 45.9. The van der Waals surface area contributed by atoms with E-state index in [2.05, 4.69) is 97.1 Å². The quantitative estimate of drug-likeness (QED) is 0.201. The molecule has 0 radical (unpaired) electrons. The van der Waals surface area contributed by atoms with E-state index in [9.17, 15) is 0 Å². The Morgan fingerprint density at radius 2 is 0.769 bits per heavy atom. The molecule has 0 aliphatic rings. The molecule has 0 atom stereocenters. The maximum Gasteiger partial charge on any atom is 4.00 e. The molecule has 8 aromatic rings. The van der Waals surface area contributed by atoms with Crippen molar-refractivity contribution in [3.05, 3.63) is 133 Å². The third-order valence-corrected chi connectivity index (χ3v) is 6.66. The molecule has 6 aromatic carbocycles. The fraction of sp³-hybridized carbons (Fsp3) is 0. The molecule has 0 spiro atoms. The molecule has 188 valence electrons. The summed E-state index contributed by atoms with van der Waals surface area (Å²) >= 11 is 0. The van der Waals surface area contributed by atoms with Crippen molar-refractivity contribution in [2.24, 2.45) is 0 Å². The van der Waals surface area contributed by atoms with Crippen LogP contribution in [-0.4, -0.2) is 0 Å². The standard InChI is InChI=1S/2C17H11O.2ClH.Hf/c2*1-2-6-13-10-15(9-12(13)5-1)17-11-14-7-3-4-8-16(14)18-17;;;/h2*1-11H;2*1H;/q2*-1;;;+4/p-2. The molecule has 2 aromatic heterocycles. The van der Waals surface area contributed by atoms with Crippen molar-refractivity contribution in [2.45, 2.75) is 0 Å². The first-order valence-electron chi connectivity index (χ1n) is 12.1. The minimum absolute atomic E-state index is 0. The molecule has 2 nitrogen and oxygen atoms in total. The second-order valence-corrected chi connectivity index (χ2v) is 9.04. The van der Waals surface area contributed by atoms with Gasteiger partial charge in [-0.05, 0) is 24.3 Å². The van der Waals surface area contributed by atoms with Crippen LogP contribution in [0.3, 0.4) is 0 Å². The van der Waals surface area contributed by atoms with Crippen molar-refractivity contribution in [1.29, 1.82) is 0 Å². The van der Waals surface area contributed by atoms with E-state index < -0.39 is 0 Å². The zero-order chi connectivity index (χ0) is 23.9. The van der Waals surface area contributed by atoms with Gasteiger partial charge in [0.25, 0.3) is 0 Å². The zero-order valence-corrected chi connectivity index (χ0v) is 25.9. The molecular formula is C34H22Cl2HfO2. The summed E-state index contributed by atoms with van der Waals surface area (Å²) < 4.78 is 11.8. The zero-order valence-electron chi connectivity index (χ0n) is 20.8. The van der Waals surface area contributed by atoms with Gasteiger partial charge in [-0.15, -0.1) is 57.9 Å². The van der Waals surface area contributed by atoms with Crippen molar-refractivity contribution in [3.8, 4) is 22.6 Å². The van der Waals surface area contributed by atoms with Crippen LogP contribution in [0.15, 0.2) is 142 Å². The molecule has 2 heterocycles. The first-order chi connectivity index (χ1) is 17.8. The first kappa shape index (κ1) is 28.6. The topological polar surface area (TPSA) is 26.3 Å². The second kappa shape index (κ2) is 12.2. The van der Waals surface area contributed by atoms with Crippen molar-refractivity contribution >= 4 is 43.5 Å².